The lowest BCUT2D eigenvalue weighted by atomic mass is 10.1. The Morgan fingerprint density at radius 1 is 1.22 bits per heavy atom. The number of aryl methyl sites for hydroxylation is 1. The zero-order chi connectivity index (χ0) is 16.1. The lowest BCUT2D eigenvalue weighted by Crippen LogP contribution is -2.00. The summed E-state index contributed by atoms with van der Waals surface area (Å²) in [5, 5.41) is 10.8. The Morgan fingerprint density at radius 2 is 2.00 bits per heavy atom. The van der Waals surface area contributed by atoms with E-state index < -0.39 is 0 Å². The molecule has 2 aromatic carbocycles. The SMILES string of the molecule is Cc1ccccc1COc1ccccc1/C=N\n1cn[nH]c1=S. The molecule has 3 rings (SSSR count). The second kappa shape index (κ2) is 7.02. The summed E-state index contributed by atoms with van der Waals surface area (Å²) in [6.45, 7) is 2.59. The average molecular weight is 324 g/mol. The third-order valence-electron chi connectivity index (χ3n) is 3.42. The standard InChI is InChI=1S/C17H16N4OS/c1-13-6-2-3-8-15(13)11-22-16-9-5-4-7-14(16)10-19-21-12-18-20-17(21)23/h2-10,12H,11H2,1H3,(H,20,23)/b19-10-. The fraction of sp³-hybridized carbons (Fsp3) is 0.118. The van der Waals surface area contributed by atoms with Gasteiger partial charge in [0.05, 0.1) is 6.21 Å². The number of rotatable bonds is 5. The van der Waals surface area contributed by atoms with Gasteiger partial charge in [-0.2, -0.15) is 14.9 Å². The minimum atomic E-state index is 0.444. The first-order valence-electron chi connectivity index (χ1n) is 7.17. The second-order valence-electron chi connectivity index (χ2n) is 5.00. The largest absolute Gasteiger partial charge is 0.488 e. The van der Waals surface area contributed by atoms with Crippen LogP contribution >= 0.6 is 12.2 Å². The van der Waals surface area contributed by atoms with Gasteiger partial charge < -0.3 is 4.74 Å². The molecular formula is C17H16N4OS. The molecule has 0 aliphatic carbocycles. The van der Waals surface area contributed by atoms with Crippen molar-refractivity contribution in [2.75, 3.05) is 0 Å². The molecule has 0 bridgehead atoms. The van der Waals surface area contributed by atoms with Crippen LogP contribution in [0.3, 0.4) is 0 Å². The van der Waals surface area contributed by atoms with Crippen molar-refractivity contribution >= 4 is 18.4 Å². The van der Waals surface area contributed by atoms with Crippen LogP contribution in [0.25, 0.3) is 0 Å². The number of nitrogens with one attached hydrogen (secondary N) is 1. The summed E-state index contributed by atoms with van der Waals surface area (Å²) in [4.78, 5) is 0. The van der Waals surface area contributed by atoms with Crippen LogP contribution in [0.4, 0.5) is 0 Å². The predicted octanol–water partition coefficient (Wildman–Crippen LogP) is 3.71. The maximum Gasteiger partial charge on any atom is 0.216 e. The summed E-state index contributed by atoms with van der Waals surface area (Å²) in [7, 11) is 0. The molecule has 23 heavy (non-hydrogen) atoms. The third-order valence-corrected chi connectivity index (χ3v) is 3.70. The number of ether oxygens (including phenoxy) is 1. The molecule has 3 aromatic rings. The van der Waals surface area contributed by atoms with Crippen molar-refractivity contribution in [3.05, 3.63) is 76.3 Å². The van der Waals surface area contributed by atoms with Gasteiger partial charge in [0.2, 0.25) is 4.77 Å². The number of aromatic amines is 1. The lowest BCUT2D eigenvalue weighted by molar-refractivity contribution is 0.305. The third kappa shape index (κ3) is 3.73. The van der Waals surface area contributed by atoms with Gasteiger partial charge in [-0.1, -0.05) is 36.4 Å². The summed E-state index contributed by atoms with van der Waals surface area (Å²) in [6, 6.07) is 15.9. The maximum absolute atomic E-state index is 5.95. The van der Waals surface area contributed by atoms with Gasteiger partial charge in [-0.05, 0) is 42.4 Å². The van der Waals surface area contributed by atoms with Crippen LogP contribution in [0.15, 0.2) is 60.0 Å². The summed E-state index contributed by atoms with van der Waals surface area (Å²) in [5.74, 6) is 0.773. The Balaban J connectivity index is 1.78. The number of hydrogen-bond donors (Lipinski definition) is 1. The summed E-state index contributed by atoms with van der Waals surface area (Å²) in [6.07, 6.45) is 3.23. The highest BCUT2D eigenvalue weighted by Crippen LogP contribution is 2.18. The Hall–Kier alpha value is -2.73. The fourth-order valence-corrected chi connectivity index (χ4v) is 2.24. The Kier molecular flexibility index (Phi) is 4.63. The van der Waals surface area contributed by atoms with E-state index in [2.05, 4.69) is 34.4 Å². The minimum absolute atomic E-state index is 0.444. The van der Waals surface area contributed by atoms with E-state index in [4.69, 9.17) is 17.0 Å². The van der Waals surface area contributed by atoms with Gasteiger partial charge in [0.25, 0.3) is 0 Å². The predicted molar refractivity (Wildman–Crippen MR) is 92.4 cm³/mol. The average Bonchev–Trinajstić information content (AvgIpc) is 2.98. The van der Waals surface area contributed by atoms with Crippen LogP contribution < -0.4 is 4.74 Å². The molecule has 5 nitrogen and oxygen atoms in total. The zero-order valence-corrected chi connectivity index (χ0v) is 13.5. The van der Waals surface area contributed by atoms with E-state index in [1.807, 2.05) is 36.4 Å². The topological polar surface area (TPSA) is 55.2 Å². The Morgan fingerprint density at radius 3 is 2.78 bits per heavy atom. The molecule has 1 aromatic heterocycles. The smallest absolute Gasteiger partial charge is 0.216 e. The minimum Gasteiger partial charge on any atom is -0.488 e. The molecule has 0 spiro atoms. The molecule has 6 heteroatoms. The molecule has 0 radical (unpaired) electrons. The second-order valence-corrected chi connectivity index (χ2v) is 5.39. The van der Waals surface area contributed by atoms with Crippen LogP contribution in [-0.4, -0.2) is 21.1 Å². The van der Waals surface area contributed by atoms with Crippen LogP contribution in [0.1, 0.15) is 16.7 Å². The number of hydrogen-bond acceptors (Lipinski definition) is 4. The van der Waals surface area contributed by atoms with E-state index in [0.29, 0.717) is 11.4 Å². The van der Waals surface area contributed by atoms with E-state index >= 15 is 0 Å². The molecule has 0 aliphatic rings. The van der Waals surface area contributed by atoms with E-state index in [-0.39, 0.29) is 0 Å². The highest BCUT2D eigenvalue weighted by Gasteiger charge is 2.03. The van der Waals surface area contributed by atoms with Crippen molar-refractivity contribution in [1.29, 1.82) is 0 Å². The van der Waals surface area contributed by atoms with Gasteiger partial charge >= 0.3 is 0 Å². The van der Waals surface area contributed by atoms with E-state index in [0.717, 1.165) is 16.9 Å². The number of H-pyrrole nitrogens is 1. The van der Waals surface area contributed by atoms with Crippen molar-refractivity contribution in [3.8, 4) is 5.75 Å². The molecule has 0 fully saturated rings. The van der Waals surface area contributed by atoms with Gasteiger partial charge in [0.15, 0.2) is 0 Å². The quantitative estimate of drug-likeness (QED) is 0.575. The lowest BCUT2D eigenvalue weighted by Gasteiger charge is -2.10. The first-order valence-corrected chi connectivity index (χ1v) is 7.57. The van der Waals surface area contributed by atoms with Crippen LogP contribution in [0, 0.1) is 11.7 Å². The number of aromatic nitrogens is 3. The molecular weight excluding hydrogens is 308 g/mol. The Bertz CT molecular complexity index is 882. The molecule has 0 saturated carbocycles. The summed E-state index contributed by atoms with van der Waals surface area (Å²) >= 11 is 5.06. The Labute approximate surface area is 139 Å². The van der Waals surface area contributed by atoms with Crippen molar-refractivity contribution in [1.82, 2.24) is 14.9 Å². The van der Waals surface area contributed by atoms with Gasteiger partial charge in [0, 0.05) is 5.56 Å². The number of nitrogens with zero attached hydrogens (tertiary/aromatic N) is 3. The maximum atomic E-state index is 5.95. The monoisotopic (exact) mass is 324 g/mol. The first kappa shape index (κ1) is 15.2. The van der Waals surface area contributed by atoms with Crippen molar-refractivity contribution < 1.29 is 4.74 Å². The molecule has 1 heterocycles. The molecule has 0 atom stereocenters. The molecule has 1 N–H and O–H groups in total. The number of para-hydroxylation sites is 1. The van der Waals surface area contributed by atoms with Crippen molar-refractivity contribution in [2.45, 2.75) is 13.5 Å². The van der Waals surface area contributed by atoms with Crippen molar-refractivity contribution in [3.63, 3.8) is 0 Å². The highest BCUT2D eigenvalue weighted by molar-refractivity contribution is 7.71. The molecule has 116 valence electrons. The molecule has 0 aliphatic heterocycles. The van der Waals surface area contributed by atoms with E-state index in [1.54, 1.807) is 6.21 Å². The van der Waals surface area contributed by atoms with Crippen molar-refractivity contribution in [2.24, 2.45) is 5.10 Å². The molecule has 0 saturated heterocycles. The van der Waals surface area contributed by atoms with Crippen LogP contribution in [0.2, 0.25) is 0 Å². The summed E-state index contributed by atoms with van der Waals surface area (Å²) < 4.78 is 7.89. The van der Waals surface area contributed by atoms with Gasteiger partial charge in [-0.3, -0.25) is 5.10 Å². The zero-order valence-electron chi connectivity index (χ0n) is 12.6. The van der Waals surface area contributed by atoms with Crippen LogP contribution in [0.5, 0.6) is 5.75 Å². The fourth-order valence-electron chi connectivity index (χ4n) is 2.10. The van der Waals surface area contributed by atoms with Crippen LogP contribution in [-0.2, 0) is 6.61 Å². The van der Waals surface area contributed by atoms with E-state index in [1.165, 1.54) is 16.6 Å². The summed E-state index contributed by atoms with van der Waals surface area (Å²) in [5.41, 5.74) is 3.25. The van der Waals surface area contributed by atoms with E-state index in [9.17, 15) is 0 Å². The molecule has 0 amide bonds. The van der Waals surface area contributed by atoms with Gasteiger partial charge in [0.1, 0.15) is 18.7 Å². The van der Waals surface area contributed by atoms with Gasteiger partial charge in [-0.25, -0.2) is 0 Å². The first-order chi connectivity index (χ1) is 11.2. The number of benzene rings is 2. The normalized spacial score (nSPS) is 11.0. The van der Waals surface area contributed by atoms with Gasteiger partial charge in [-0.15, -0.1) is 0 Å². The molecule has 0 unspecified atom stereocenters. The highest BCUT2D eigenvalue weighted by atomic mass is 32.1.